The normalized spacial score (nSPS) is 18.9. The van der Waals surface area contributed by atoms with Crippen molar-refractivity contribution in [2.45, 2.75) is 19.1 Å². The number of aromatic nitrogens is 2. The van der Waals surface area contributed by atoms with E-state index in [4.69, 9.17) is 0 Å². The summed E-state index contributed by atoms with van der Waals surface area (Å²) in [7, 11) is 2.24. The maximum absolute atomic E-state index is 4.36. The van der Waals surface area contributed by atoms with Crippen LogP contribution in [0.3, 0.4) is 0 Å². The van der Waals surface area contributed by atoms with Crippen LogP contribution in [0.5, 0.6) is 0 Å². The van der Waals surface area contributed by atoms with Crippen LogP contribution in [0.2, 0.25) is 0 Å². The second kappa shape index (κ2) is 7.85. The summed E-state index contributed by atoms with van der Waals surface area (Å²) in [5, 5.41) is 4.36. The molecule has 2 aromatic carbocycles. The molecule has 0 spiro atoms. The van der Waals surface area contributed by atoms with E-state index in [2.05, 4.69) is 76.5 Å². The Bertz CT molecular complexity index is 813. The monoisotopic (exact) mass is 346 g/mol. The van der Waals surface area contributed by atoms with E-state index in [1.165, 1.54) is 16.7 Å². The Labute approximate surface area is 155 Å². The van der Waals surface area contributed by atoms with Gasteiger partial charge in [-0.25, -0.2) is 0 Å². The summed E-state index contributed by atoms with van der Waals surface area (Å²) >= 11 is 0. The highest BCUT2D eigenvalue weighted by Gasteiger charge is 2.25. The lowest BCUT2D eigenvalue weighted by Crippen LogP contribution is -2.46. The Morgan fingerprint density at radius 1 is 0.885 bits per heavy atom. The molecule has 4 heteroatoms. The Hall–Kier alpha value is -2.43. The molecule has 0 saturated carbocycles. The van der Waals surface area contributed by atoms with Gasteiger partial charge in [0.1, 0.15) is 0 Å². The van der Waals surface area contributed by atoms with Gasteiger partial charge in [0.15, 0.2) is 0 Å². The van der Waals surface area contributed by atoms with Gasteiger partial charge in [-0.2, -0.15) is 5.10 Å². The lowest BCUT2D eigenvalue weighted by molar-refractivity contribution is 0.0903. The molecule has 0 unspecified atom stereocenters. The molecular weight excluding hydrogens is 320 g/mol. The van der Waals surface area contributed by atoms with Crippen LogP contribution in [-0.4, -0.2) is 46.3 Å². The summed E-state index contributed by atoms with van der Waals surface area (Å²) < 4.78 is 2.00. The van der Waals surface area contributed by atoms with Gasteiger partial charge in [-0.05, 0) is 29.8 Å². The zero-order valence-corrected chi connectivity index (χ0v) is 15.3. The van der Waals surface area contributed by atoms with Gasteiger partial charge < -0.3 is 0 Å². The SMILES string of the molecule is CN1CCN(Cc2ccccc2Cn2cccn2)C[C@@H]1c1ccccc1. The van der Waals surface area contributed by atoms with Crippen molar-refractivity contribution in [3.8, 4) is 0 Å². The van der Waals surface area contributed by atoms with Crippen LogP contribution in [0, 0.1) is 0 Å². The molecule has 0 N–H and O–H groups in total. The number of benzene rings is 2. The van der Waals surface area contributed by atoms with Gasteiger partial charge in [-0.3, -0.25) is 14.5 Å². The van der Waals surface area contributed by atoms with E-state index in [9.17, 15) is 0 Å². The van der Waals surface area contributed by atoms with Gasteiger partial charge in [0, 0.05) is 44.6 Å². The zero-order chi connectivity index (χ0) is 17.8. The Kier molecular flexibility index (Phi) is 5.14. The van der Waals surface area contributed by atoms with E-state index in [1.54, 1.807) is 0 Å². The summed E-state index contributed by atoms with van der Waals surface area (Å²) in [6.45, 7) is 5.10. The summed E-state index contributed by atoms with van der Waals surface area (Å²) in [6, 6.07) is 22.1. The number of likely N-dealkylation sites (N-methyl/N-ethyl adjacent to an activating group) is 1. The van der Waals surface area contributed by atoms with E-state index in [1.807, 2.05) is 23.1 Å². The van der Waals surface area contributed by atoms with Crippen molar-refractivity contribution >= 4 is 0 Å². The summed E-state index contributed by atoms with van der Waals surface area (Å²) in [5.41, 5.74) is 4.16. The maximum atomic E-state index is 4.36. The smallest absolute Gasteiger partial charge is 0.0662 e. The fraction of sp³-hybridized carbons (Fsp3) is 0.318. The minimum absolute atomic E-state index is 0.461. The first-order chi connectivity index (χ1) is 12.8. The standard InChI is InChI=1S/C22H26N4/c1-24-14-15-25(18-22(24)19-8-3-2-4-9-19)16-20-10-5-6-11-21(20)17-26-13-7-12-23-26/h2-13,22H,14-18H2,1H3/t22-/m1/s1. The first kappa shape index (κ1) is 17.0. The molecule has 0 bridgehead atoms. The highest BCUT2D eigenvalue weighted by molar-refractivity contribution is 5.28. The Morgan fingerprint density at radius 2 is 1.62 bits per heavy atom. The zero-order valence-electron chi connectivity index (χ0n) is 15.3. The first-order valence-corrected chi connectivity index (χ1v) is 9.31. The van der Waals surface area contributed by atoms with Crippen molar-refractivity contribution in [2.75, 3.05) is 26.7 Å². The number of hydrogen-bond acceptors (Lipinski definition) is 3. The first-order valence-electron chi connectivity index (χ1n) is 9.31. The van der Waals surface area contributed by atoms with Crippen molar-refractivity contribution in [1.29, 1.82) is 0 Å². The number of hydrogen-bond donors (Lipinski definition) is 0. The van der Waals surface area contributed by atoms with Crippen LogP contribution < -0.4 is 0 Å². The third-order valence-electron chi connectivity index (χ3n) is 5.32. The average molecular weight is 346 g/mol. The van der Waals surface area contributed by atoms with Gasteiger partial charge >= 0.3 is 0 Å². The van der Waals surface area contributed by atoms with Gasteiger partial charge in [-0.15, -0.1) is 0 Å². The molecular formula is C22H26N4. The van der Waals surface area contributed by atoms with Crippen LogP contribution in [0.15, 0.2) is 73.1 Å². The van der Waals surface area contributed by atoms with Gasteiger partial charge in [0.05, 0.1) is 6.54 Å². The average Bonchev–Trinajstić information content (AvgIpc) is 3.19. The fourth-order valence-corrected chi connectivity index (χ4v) is 3.78. The van der Waals surface area contributed by atoms with Crippen LogP contribution >= 0.6 is 0 Å². The van der Waals surface area contributed by atoms with Crippen LogP contribution in [0.1, 0.15) is 22.7 Å². The predicted molar refractivity (Wildman–Crippen MR) is 105 cm³/mol. The van der Waals surface area contributed by atoms with Crippen molar-refractivity contribution in [3.05, 3.63) is 89.7 Å². The van der Waals surface area contributed by atoms with E-state index in [-0.39, 0.29) is 0 Å². The molecule has 26 heavy (non-hydrogen) atoms. The van der Waals surface area contributed by atoms with E-state index in [0.717, 1.165) is 32.7 Å². The second-order valence-corrected chi connectivity index (χ2v) is 7.11. The lowest BCUT2D eigenvalue weighted by atomic mass is 10.0. The Morgan fingerprint density at radius 3 is 2.35 bits per heavy atom. The molecule has 4 nitrogen and oxygen atoms in total. The van der Waals surface area contributed by atoms with Crippen LogP contribution in [0.25, 0.3) is 0 Å². The van der Waals surface area contributed by atoms with Crippen molar-refractivity contribution in [1.82, 2.24) is 19.6 Å². The van der Waals surface area contributed by atoms with Crippen molar-refractivity contribution in [3.63, 3.8) is 0 Å². The molecule has 3 aromatic rings. The number of nitrogens with zero attached hydrogens (tertiary/aromatic N) is 4. The van der Waals surface area contributed by atoms with E-state index < -0.39 is 0 Å². The molecule has 0 aliphatic carbocycles. The maximum Gasteiger partial charge on any atom is 0.0662 e. The highest BCUT2D eigenvalue weighted by atomic mass is 15.3. The molecule has 1 aliphatic heterocycles. The fourth-order valence-electron chi connectivity index (χ4n) is 3.78. The number of rotatable bonds is 5. The third kappa shape index (κ3) is 3.87. The predicted octanol–water partition coefficient (Wildman–Crippen LogP) is 3.42. The minimum atomic E-state index is 0.461. The molecule has 134 valence electrons. The second-order valence-electron chi connectivity index (χ2n) is 7.11. The molecule has 1 aliphatic rings. The van der Waals surface area contributed by atoms with Crippen molar-refractivity contribution in [2.24, 2.45) is 0 Å². The molecule has 1 fully saturated rings. The van der Waals surface area contributed by atoms with Crippen LogP contribution in [0.4, 0.5) is 0 Å². The molecule has 1 saturated heterocycles. The van der Waals surface area contributed by atoms with E-state index >= 15 is 0 Å². The molecule has 2 heterocycles. The third-order valence-corrected chi connectivity index (χ3v) is 5.32. The summed E-state index contributed by atoms with van der Waals surface area (Å²) in [4.78, 5) is 5.06. The molecule has 0 amide bonds. The molecule has 0 radical (unpaired) electrons. The van der Waals surface area contributed by atoms with E-state index in [0.29, 0.717) is 6.04 Å². The highest BCUT2D eigenvalue weighted by Crippen LogP contribution is 2.25. The Balaban J connectivity index is 1.49. The van der Waals surface area contributed by atoms with Crippen LogP contribution in [-0.2, 0) is 13.1 Å². The lowest BCUT2D eigenvalue weighted by Gasteiger charge is -2.40. The summed E-state index contributed by atoms with van der Waals surface area (Å²) in [5.74, 6) is 0. The molecule has 1 atom stereocenters. The van der Waals surface area contributed by atoms with Crippen molar-refractivity contribution < 1.29 is 0 Å². The minimum Gasteiger partial charge on any atom is -0.297 e. The van der Waals surface area contributed by atoms with Gasteiger partial charge in [0.25, 0.3) is 0 Å². The molecule has 4 rings (SSSR count). The van der Waals surface area contributed by atoms with Gasteiger partial charge in [0.2, 0.25) is 0 Å². The quantitative estimate of drug-likeness (QED) is 0.707. The largest absolute Gasteiger partial charge is 0.297 e. The topological polar surface area (TPSA) is 24.3 Å². The molecule has 1 aromatic heterocycles. The van der Waals surface area contributed by atoms with Gasteiger partial charge in [-0.1, -0.05) is 54.6 Å². The summed E-state index contributed by atoms with van der Waals surface area (Å²) in [6.07, 6.45) is 3.87. The number of piperazine rings is 1.